The Bertz CT molecular complexity index is 1180. The van der Waals surface area contributed by atoms with E-state index in [2.05, 4.69) is 0 Å². The molecule has 0 aromatic heterocycles. The maximum Gasteiger partial charge on any atom is 0.460 e. The lowest BCUT2D eigenvalue weighted by molar-refractivity contribution is -0.478. The molecule has 0 bridgehead atoms. The van der Waals surface area contributed by atoms with Crippen molar-refractivity contribution in [3.63, 3.8) is 0 Å². The molecule has 0 amide bonds. The molecule has 272 valence electrons. The normalized spacial score (nSPS) is 16.3. The zero-order valence-electron chi connectivity index (χ0n) is 20.2. The molecule has 0 aliphatic heterocycles. The predicted molar refractivity (Wildman–Crippen MR) is 96.0 cm³/mol. The number of alkyl halides is 23. The molecule has 0 aromatic rings. The van der Waals surface area contributed by atoms with Crippen molar-refractivity contribution in [3.05, 3.63) is 0 Å². The Balaban J connectivity index is 6.82. The van der Waals surface area contributed by atoms with Crippen molar-refractivity contribution in [2.45, 2.75) is 84.3 Å². The molecule has 0 rings (SSSR count). The number of carboxylic acid groups (broad SMARTS) is 1. The van der Waals surface area contributed by atoms with Gasteiger partial charge < -0.3 is 10.2 Å². The van der Waals surface area contributed by atoms with Gasteiger partial charge in [0.1, 0.15) is 0 Å². The van der Waals surface area contributed by atoms with E-state index in [-0.39, 0.29) is 0 Å². The fourth-order valence-electron chi connectivity index (χ4n) is 2.52. The number of hydrogen-bond donors (Lipinski definition) is 2. The standard InChI is InChI=1S/C17H7F23O5S/c18-7(19,2-1-3(41)46-6(45)4(42)5(43)44)8(20,21)9(22,23)10(24,25)11(26,27)12(28,29)13(30,31)14(32,33)15(34,35)16(36,37)17(38,39)40/h4,42H,1-2H2,(H,43,44). The molecular formula is C17H7F23O5S. The number of aliphatic carboxylic acids is 1. The molecule has 0 saturated heterocycles. The molecule has 0 saturated carbocycles. The van der Waals surface area contributed by atoms with Gasteiger partial charge in [-0.2, -0.15) is 101 Å². The lowest BCUT2D eigenvalue weighted by Crippen LogP contribution is -2.77. The van der Waals surface area contributed by atoms with Gasteiger partial charge in [0.25, 0.3) is 0 Å². The molecule has 29 heteroatoms. The number of thioether (sulfide) groups is 1. The molecule has 1 atom stereocenters. The van der Waals surface area contributed by atoms with E-state index in [4.69, 9.17) is 10.2 Å². The molecule has 0 aliphatic carbocycles. The summed E-state index contributed by atoms with van der Waals surface area (Å²) >= 11 is -1.16. The van der Waals surface area contributed by atoms with E-state index in [1.165, 1.54) is 0 Å². The molecule has 0 aliphatic rings. The zero-order chi connectivity index (χ0) is 37.9. The van der Waals surface area contributed by atoms with Crippen molar-refractivity contribution < 1.29 is 126 Å². The van der Waals surface area contributed by atoms with Crippen LogP contribution in [0.25, 0.3) is 0 Å². The largest absolute Gasteiger partial charge is 0.479 e. The minimum atomic E-state index is -9.54. The Morgan fingerprint density at radius 2 is 0.739 bits per heavy atom. The second kappa shape index (κ2) is 11.9. The molecule has 5 nitrogen and oxygen atoms in total. The number of rotatable bonds is 14. The summed E-state index contributed by atoms with van der Waals surface area (Å²) in [6, 6.07) is 0. The van der Waals surface area contributed by atoms with Gasteiger partial charge in [-0.3, -0.25) is 9.59 Å². The third kappa shape index (κ3) is 6.12. The van der Waals surface area contributed by atoms with E-state index in [1.807, 2.05) is 0 Å². The highest BCUT2D eigenvalue weighted by molar-refractivity contribution is 8.26. The van der Waals surface area contributed by atoms with Crippen LogP contribution >= 0.6 is 11.8 Å². The van der Waals surface area contributed by atoms with Crippen LogP contribution in [0.5, 0.6) is 0 Å². The minimum absolute atomic E-state index is 1.16. The molecule has 46 heavy (non-hydrogen) atoms. The van der Waals surface area contributed by atoms with E-state index < -0.39 is 112 Å². The Labute approximate surface area is 239 Å². The number of aliphatic hydroxyl groups excluding tert-OH is 1. The van der Waals surface area contributed by atoms with Crippen LogP contribution in [0.1, 0.15) is 12.8 Å². The monoisotopic (exact) mass is 760 g/mol. The molecule has 1 unspecified atom stereocenters. The summed E-state index contributed by atoms with van der Waals surface area (Å²) in [7, 11) is 0. The molecule has 0 heterocycles. The highest BCUT2D eigenvalue weighted by atomic mass is 32.2. The third-order valence-electron chi connectivity index (χ3n) is 5.28. The average molecular weight is 760 g/mol. The first-order valence-corrected chi connectivity index (χ1v) is 10.9. The van der Waals surface area contributed by atoms with E-state index in [9.17, 15) is 115 Å². The summed E-state index contributed by atoms with van der Waals surface area (Å²) < 4.78 is 307. The van der Waals surface area contributed by atoms with Crippen molar-refractivity contribution in [1.82, 2.24) is 0 Å². The van der Waals surface area contributed by atoms with Crippen molar-refractivity contribution in [2.24, 2.45) is 0 Å². The first-order chi connectivity index (χ1) is 19.6. The first kappa shape index (κ1) is 43.5. The van der Waals surface area contributed by atoms with Crippen LogP contribution in [0, 0.1) is 0 Å². The summed E-state index contributed by atoms with van der Waals surface area (Å²) in [5.74, 6) is -91.8. The second-order valence-electron chi connectivity index (χ2n) is 8.41. The number of halogens is 23. The van der Waals surface area contributed by atoms with Gasteiger partial charge in [-0.25, -0.2) is 4.79 Å². The van der Waals surface area contributed by atoms with Crippen molar-refractivity contribution in [3.8, 4) is 0 Å². The lowest BCUT2D eigenvalue weighted by Gasteiger charge is -2.45. The van der Waals surface area contributed by atoms with Gasteiger partial charge in [-0.1, -0.05) is 0 Å². The first-order valence-electron chi connectivity index (χ1n) is 10.1. The zero-order valence-corrected chi connectivity index (χ0v) is 21.0. The fraction of sp³-hybridized carbons (Fsp3) is 0.824. The third-order valence-corrected chi connectivity index (χ3v) is 6.14. The Morgan fingerprint density at radius 3 is 1.00 bits per heavy atom. The number of hydrogen-bond acceptors (Lipinski definition) is 5. The number of carbonyl (C=O) groups is 3. The Morgan fingerprint density at radius 1 is 0.478 bits per heavy atom. The maximum absolute atomic E-state index is 13.8. The van der Waals surface area contributed by atoms with Crippen LogP contribution in [0.2, 0.25) is 0 Å². The molecule has 0 fully saturated rings. The summed E-state index contributed by atoms with van der Waals surface area (Å²) in [4.78, 5) is 32.6. The van der Waals surface area contributed by atoms with Gasteiger partial charge in [0, 0.05) is 12.8 Å². The fourth-order valence-corrected chi connectivity index (χ4v) is 3.16. The Hall–Kier alpha value is -2.49. The van der Waals surface area contributed by atoms with Crippen LogP contribution in [-0.2, 0) is 14.4 Å². The number of aliphatic hydroxyl groups is 1. The minimum Gasteiger partial charge on any atom is -0.479 e. The molecule has 2 N–H and O–H groups in total. The van der Waals surface area contributed by atoms with E-state index in [1.54, 1.807) is 0 Å². The molecule has 0 aromatic carbocycles. The highest BCUT2D eigenvalue weighted by Gasteiger charge is 2.98. The van der Waals surface area contributed by atoms with Gasteiger partial charge in [-0.15, -0.1) is 0 Å². The van der Waals surface area contributed by atoms with Gasteiger partial charge in [0.15, 0.2) is 5.12 Å². The molecular weight excluding hydrogens is 753 g/mol. The van der Waals surface area contributed by atoms with Crippen LogP contribution in [0.3, 0.4) is 0 Å². The van der Waals surface area contributed by atoms with Crippen molar-refractivity contribution in [1.29, 1.82) is 0 Å². The topological polar surface area (TPSA) is 91.7 Å². The van der Waals surface area contributed by atoms with Crippen molar-refractivity contribution in [2.75, 3.05) is 0 Å². The van der Waals surface area contributed by atoms with E-state index in [0.29, 0.717) is 0 Å². The van der Waals surface area contributed by atoms with Crippen LogP contribution < -0.4 is 0 Å². The van der Waals surface area contributed by atoms with Crippen LogP contribution in [-0.4, -0.2) is 97.9 Å². The van der Waals surface area contributed by atoms with Gasteiger partial charge >= 0.3 is 71.4 Å². The average Bonchev–Trinajstić information content (AvgIpc) is 2.84. The number of carbonyl (C=O) groups excluding carboxylic acids is 2. The van der Waals surface area contributed by atoms with Crippen LogP contribution in [0.15, 0.2) is 0 Å². The smallest absolute Gasteiger partial charge is 0.460 e. The Kier molecular flexibility index (Phi) is 11.2. The summed E-state index contributed by atoms with van der Waals surface area (Å²) in [5, 5.41) is 12.4. The van der Waals surface area contributed by atoms with Crippen molar-refractivity contribution >= 4 is 28.0 Å². The van der Waals surface area contributed by atoms with E-state index >= 15 is 0 Å². The van der Waals surface area contributed by atoms with Gasteiger partial charge in [0.05, 0.1) is 0 Å². The second-order valence-corrected chi connectivity index (χ2v) is 9.47. The number of carboxylic acids is 1. The highest BCUT2D eigenvalue weighted by Crippen LogP contribution is 2.67. The summed E-state index contributed by atoms with van der Waals surface area (Å²) in [6.45, 7) is 0. The predicted octanol–water partition coefficient (Wildman–Crippen LogP) is 6.91. The lowest BCUT2D eigenvalue weighted by atomic mass is 9.85. The van der Waals surface area contributed by atoms with Gasteiger partial charge in [0.2, 0.25) is 11.2 Å². The molecule has 0 spiro atoms. The van der Waals surface area contributed by atoms with Gasteiger partial charge in [-0.05, 0) is 11.8 Å². The van der Waals surface area contributed by atoms with Crippen LogP contribution in [0.4, 0.5) is 101 Å². The molecule has 0 radical (unpaired) electrons. The maximum atomic E-state index is 13.8. The SMILES string of the molecule is O=C(CCC(F)(F)C(F)(F)C(F)(F)C(F)(F)C(F)(F)C(F)(F)C(F)(F)C(F)(F)C(F)(F)C(F)(F)C(F)(F)F)SC(=O)C(O)C(=O)O. The summed E-state index contributed by atoms with van der Waals surface area (Å²) in [6.07, 6.45) is -17.2. The summed E-state index contributed by atoms with van der Waals surface area (Å²) in [5.41, 5.74) is 0. The quantitative estimate of drug-likeness (QED) is 0.148. The van der Waals surface area contributed by atoms with E-state index in [0.717, 1.165) is 0 Å².